The molecule has 3 unspecified atom stereocenters. The number of hydrogen-bond acceptors (Lipinski definition) is 4. The fraction of sp³-hybridized carbons (Fsp3) is 0.833. The van der Waals surface area contributed by atoms with Gasteiger partial charge in [0.25, 0.3) is 0 Å². The predicted molar refractivity (Wildman–Crippen MR) is 66.5 cm³/mol. The van der Waals surface area contributed by atoms with E-state index in [2.05, 4.69) is 36.3 Å². The van der Waals surface area contributed by atoms with Crippen LogP contribution in [0.5, 0.6) is 0 Å². The molecule has 4 heteroatoms. The van der Waals surface area contributed by atoms with E-state index in [0.29, 0.717) is 16.9 Å². The van der Waals surface area contributed by atoms with E-state index >= 15 is 0 Å². The third-order valence-corrected chi connectivity index (χ3v) is 5.52. The van der Waals surface area contributed by atoms with Gasteiger partial charge in [-0.1, -0.05) is 32.1 Å². The van der Waals surface area contributed by atoms with Gasteiger partial charge in [-0.05, 0) is 36.0 Å². The fourth-order valence-electron chi connectivity index (χ4n) is 4.02. The van der Waals surface area contributed by atoms with Gasteiger partial charge in [-0.2, -0.15) is 0 Å². The minimum Gasteiger partial charge on any atom is -0.356 e. The summed E-state index contributed by atoms with van der Waals surface area (Å²) in [6.07, 6.45) is 4.13. The Morgan fingerprint density at radius 1 is 1.44 bits per heavy atom. The summed E-state index contributed by atoms with van der Waals surface area (Å²) in [4.78, 5) is 0. The summed E-state index contributed by atoms with van der Waals surface area (Å²) >= 11 is 1.60. The molecule has 0 spiro atoms. The second kappa shape index (κ2) is 3.19. The Hall–Kier alpha value is -0.640. The lowest BCUT2D eigenvalue weighted by molar-refractivity contribution is 0.155. The highest BCUT2D eigenvalue weighted by atomic mass is 32.1. The molecule has 3 atom stereocenters. The molecule has 0 aliphatic heterocycles. The first kappa shape index (κ1) is 10.5. The molecule has 2 fully saturated rings. The van der Waals surface area contributed by atoms with Gasteiger partial charge in [0.2, 0.25) is 5.13 Å². The molecular formula is C12H19N3S. The summed E-state index contributed by atoms with van der Waals surface area (Å²) in [6.45, 7) is 7.24. The van der Waals surface area contributed by atoms with E-state index in [9.17, 15) is 0 Å². The average Bonchev–Trinajstić information content (AvgIpc) is 2.85. The van der Waals surface area contributed by atoms with Crippen molar-refractivity contribution in [2.45, 2.75) is 46.1 Å². The quantitative estimate of drug-likeness (QED) is 0.858. The van der Waals surface area contributed by atoms with E-state index in [4.69, 9.17) is 0 Å². The first-order chi connectivity index (χ1) is 7.52. The highest BCUT2D eigenvalue weighted by molar-refractivity contribution is 7.13. The van der Waals surface area contributed by atoms with Gasteiger partial charge in [-0.15, -0.1) is 10.2 Å². The molecule has 2 bridgehead atoms. The average molecular weight is 237 g/mol. The molecule has 16 heavy (non-hydrogen) atoms. The molecule has 0 radical (unpaired) electrons. The van der Waals surface area contributed by atoms with Gasteiger partial charge in [0, 0.05) is 6.04 Å². The van der Waals surface area contributed by atoms with Crippen LogP contribution in [0.1, 0.15) is 40.0 Å². The molecule has 3 rings (SSSR count). The second-order valence-corrected chi connectivity index (χ2v) is 7.07. The van der Waals surface area contributed by atoms with Gasteiger partial charge in [-0.3, -0.25) is 0 Å². The number of rotatable bonds is 2. The Bertz CT molecular complexity index is 382. The maximum absolute atomic E-state index is 4.12. The maximum atomic E-state index is 4.12. The molecule has 1 aromatic rings. The van der Waals surface area contributed by atoms with Gasteiger partial charge < -0.3 is 5.32 Å². The number of nitrogens with one attached hydrogen (secondary N) is 1. The molecule has 2 saturated carbocycles. The Balaban J connectivity index is 1.88. The second-order valence-electron chi connectivity index (χ2n) is 6.24. The number of aromatic nitrogens is 2. The molecular weight excluding hydrogens is 218 g/mol. The summed E-state index contributed by atoms with van der Waals surface area (Å²) in [6, 6.07) is 0.548. The number of fused-ring (bicyclic) bond motifs is 2. The van der Waals surface area contributed by atoms with Crippen molar-refractivity contribution in [1.29, 1.82) is 0 Å². The zero-order chi connectivity index (χ0) is 11.4. The van der Waals surface area contributed by atoms with E-state index in [1.807, 2.05) is 0 Å². The van der Waals surface area contributed by atoms with Crippen LogP contribution in [0.3, 0.4) is 0 Å². The Labute approximate surface area is 101 Å². The van der Waals surface area contributed by atoms with Crippen LogP contribution >= 0.6 is 11.3 Å². The van der Waals surface area contributed by atoms with Crippen LogP contribution in [0.4, 0.5) is 5.13 Å². The predicted octanol–water partition coefficient (Wildman–Crippen LogP) is 3.16. The maximum Gasteiger partial charge on any atom is 0.205 e. The molecule has 0 aromatic carbocycles. The Morgan fingerprint density at radius 3 is 2.81 bits per heavy atom. The minimum absolute atomic E-state index is 0.388. The standard InChI is InChI=1S/C12H19N3S/c1-11(2)8-4-5-12(3,6-8)9(11)14-10-15-13-7-16-10/h7-9H,4-6H2,1-3H3,(H,14,15). The van der Waals surface area contributed by atoms with Gasteiger partial charge in [0.15, 0.2) is 0 Å². The van der Waals surface area contributed by atoms with E-state index in [-0.39, 0.29) is 0 Å². The number of anilines is 1. The molecule has 2 aliphatic carbocycles. The van der Waals surface area contributed by atoms with Gasteiger partial charge in [0.1, 0.15) is 5.51 Å². The van der Waals surface area contributed by atoms with Crippen LogP contribution in [0.2, 0.25) is 0 Å². The monoisotopic (exact) mass is 237 g/mol. The fourth-order valence-corrected chi connectivity index (χ4v) is 4.50. The highest BCUT2D eigenvalue weighted by Crippen LogP contribution is 2.63. The first-order valence-electron chi connectivity index (χ1n) is 6.05. The van der Waals surface area contributed by atoms with Crippen molar-refractivity contribution >= 4 is 16.5 Å². The van der Waals surface area contributed by atoms with Crippen molar-refractivity contribution in [3.8, 4) is 0 Å². The van der Waals surface area contributed by atoms with E-state index in [1.165, 1.54) is 19.3 Å². The van der Waals surface area contributed by atoms with Gasteiger partial charge >= 0.3 is 0 Å². The van der Waals surface area contributed by atoms with Crippen LogP contribution in [0, 0.1) is 16.7 Å². The highest BCUT2D eigenvalue weighted by Gasteiger charge is 2.59. The first-order valence-corrected chi connectivity index (χ1v) is 6.93. The molecule has 88 valence electrons. The van der Waals surface area contributed by atoms with E-state index < -0.39 is 0 Å². The summed E-state index contributed by atoms with van der Waals surface area (Å²) in [5, 5.41) is 12.6. The summed E-state index contributed by atoms with van der Waals surface area (Å²) in [7, 11) is 0. The topological polar surface area (TPSA) is 37.8 Å². The molecule has 1 aromatic heterocycles. The lowest BCUT2D eigenvalue weighted by Gasteiger charge is -2.42. The van der Waals surface area contributed by atoms with Crippen LogP contribution in [-0.4, -0.2) is 16.2 Å². The van der Waals surface area contributed by atoms with Gasteiger partial charge in [-0.25, -0.2) is 0 Å². The zero-order valence-electron chi connectivity index (χ0n) is 10.2. The summed E-state index contributed by atoms with van der Waals surface area (Å²) < 4.78 is 0. The summed E-state index contributed by atoms with van der Waals surface area (Å²) in [5.74, 6) is 0.878. The normalized spacial score (nSPS) is 40.2. The third kappa shape index (κ3) is 1.32. The third-order valence-electron chi connectivity index (χ3n) is 4.90. The number of hydrogen-bond donors (Lipinski definition) is 1. The molecule has 0 saturated heterocycles. The Kier molecular flexibility index (Phi) is 2.09. The van der Waals surface area contributed by atoms with Crippen LogP contribution < -0.4 is 5.32 Å². The SMILES string of the molecule is CC12CCC(C1)C(C)(C)C2Nc1nncs1. The lowest BCUT2D eigenvalue weighted by Crippen LogP contribution is -2.45. The zero-order valence-corrected chi connectivity index (χ0v) is 11.0. The van der Waals surface area contributed by atoms with Crippen molar-refractivity contribution in [3.63, 3.8) is 0 Å². The molecule has 2 aliphatic rings. The van der Waals surface area contributed by atoms with Gasteiger partial charge in [0.05, 0.1) is 0 Å². The van der Waals surface area contributed by atoms with Crippen molar-refractivity contribution in [2.75, 3.05) is 5.32 Å². The van der Waals surface area contributed by atoms with Crippen molar-refractivity contribution < 1.29 is 0 Å². The van der Waals surface area contributed by atoms with Crippen molar-refractivity contribution in [1.82, 2.24) is 10.2 Å². The summed E-state index contributed by atoms with van der Waals surface area (Å²) in [5.41, 5.74) is 2.64. The Morgan fingerprint density at radius 2 is 2.25 bits per heavy atom. The van der Waals surface area contributed by atoms with Crippen LogP contribution in [0.25, 0.3) is 0 Å². The van der Waals surface area contributed by atoms with Crippen molar-refractivity contribution in [3.05, 3.63) is 5.51 Å². The minimum atomic E-state index is 0.388. The molecule has 0 amide bonds. The van der Waals surface area contributed by atoms with Crippen molar-refractivity contribution in [2.24, 2.45) is 16.7 Å². The van der Waals surface area contributed by atoms with Crippen LogP contribution in [-0.2, 0) is 0 Å². The molecule has 1 N–H and O–H groups in total. The lowest BCUT2D eigenvalue weighted by atomic mass is 9.68. The molecule has 1 heterocycles. The number of nitrogens with zero attached hydrogens (tertiary/aromatic N) is 2. The van der Waals surface area contributed by atoms with E-state index in [1.54, 1.807) is 16.8 Å². The largest absolute Gasteiger partial charge is 0.356 e. The van der Waals surface area contributed by atoms with E-state index in [0.717, 1.165) is 11.0 Å². The smallest absolute Gasteiger partial charge is 0.205 e. The van der Waals surface area contributed by atoms with Crippen LogP contribution in [0.15, 0.2) is 5.51 Å². The molecule has 3 nitrogen and oxygen atoms in total.